The van der Waals surface area contributed by atoms with Gasteiger partial charge in [0.25, 0.3) is 0 Å². The summed E-state index contributed by atoms with van der Waals surface area (Å²) in [5.41, 5.74) is 2.83. The van der Waals surface area contributed by atoms with Crippen LogP contribution >= 0.6 is 0 Å². The van der Waals surface area contributed by atoms with Gasteiger partial charge in [-0.25, -0.2) is 0 Å². The summed E-state index contributed by atoms with van der Waals surface area (Å²) in [5.74, 6) is 0. The van der Waals surface area contributed by atoms with E-state index in [4.69, 9.17) is 0 Å². The largest absolute Gasteiger partial charge is 0.314 e. The van der Waals surface area contributed by atoms with Gasteiger partial charge < -0.3 is 10.2 Å². The van der Waals surface area contributed by atoms with Crippen LogP contribution in [0.4, 0.5) is 0 Å². The van der Waals surface area contributed by atoms with Crippen LogP contribution in [0.2, 0.25) is 0 Å². The second-order valence-corrected chi connectivity index (χ2v) is 6.51. The molecule has 0 bridgehead atoms. The van der Waals surface area contributed by atoms with Crippen LogP contribution in [0.25, 0.3) is 0 Å². The lowest BCUT2D eigenvalue weighted by Gasteiger charge is -2.38. The molecule has 0 spiro atoms. The van der Waals surface area contributed by atoms with Crippen molar-refractivity contribution >= 4 is 0 Å². The molecule has 1 atom stereocenters. The lowest BCUT2D eigenvalue weighted by Crippen LogP contribution is -2.48. The molecular formula is C19H33N3. The average Bonchev–Trinajstić information content (AvgIpc) is 2.55. The van der Waals surface area contributed by atoms with Crippen LogP contribution in [-0.2, 0) is 0 Å². The number of nitrogens with zero attached hydrogens (tertiary/aromatic N) is 2. The van der Waals surface area contributed by atoms with E-state index in [1.165, 1.54) is 37.1 Å². The Morgan fingerprint density at radius 3 is 2.18 bits per heavy atom. The number of piperazine rings is 1. The van der Waals surface area contributed by atoms with Crippen LogP contribution in [0.3, 0.4) is 0 Å². The Bertz CT molecular complexity index is 403. The topological polar surface area (TPSA) is 18.5 Å². The lowest BCUT2D eigenvalue weighted by atomic mass is 10.0. The van der Waals surface area contributed by atoms with Gasteiger partial charge in [-0.3, -0.25) is 4.90 Å². The average molecular weight is 303 g/mol. The number of hydrogen-bond acceptors (Lipinski definition) is 3. The summed E-state index contributed by atoms with van der Waals surface area (Å²) < 4.78 is 0. The minimum atomic E-state index is 0.529. The van der Waals surface area contributed by atoms with Crippen LogP contribution in [0.5, 0.6) is 0 Å². The number of nitrogens with one attached hydrogen (secondary N) is 1. The van der Waals surface area contributed by atoms with Crippen molar-refractivity contribution in [1.29, 1.82) is 0 Å². The molecule has 1 N–H and O–H groups in total. The maximum absolute atomic E-state index is 3.48. The predicted octanol–water partition coefficient (Wildman–Crippen LogP) is 3.06. The molecule has 1 unspecified atom stereocenters. The first-order valence-corrected chi connectivity index (χ1v) is 8.98. The van der Waals surface area contributed by atoms with Gasteiger partial charge in [0.2, 0.25) is 0 Å². The van der Waals surface area contributed by atoms with E-state index >= 15 is 0 Å². The predicted molar refractivity (Wildman–Crippen MR) is 95.4 cm³/mol. The highest BCUT2D eigenvalue weighted by Crippen LogP contribution is 2.23. The molecule has 1 heterocycles. The van der Waals surface area contributed by atoms with Gasteiger partial charge in [-0.2, -0.15) is 0 Å². The van der Waals surface area contributed by atoms with Crippen LogP contribution < -0.4 is 5.32 Å². The second-order valence-electron chi connectivity index (χ2n) is 6.51. The second kappa shape index (κ2) is 9.29. The third kappa shape index (κ3) is 5.08. The maximum Gasteiger partial charge on any atom is 0.0476 e. The van der Waals surface area contributed by atoms with Crippen molar-refractivity contribution in [2.45, 2.75) is 39.7 Å². The van der Waals surface area contributed by atoms with Crippen molar-refractivity contribution in [3.05, 3.63) is 35.4 Å². The molecule has 1 saturated heterocycles. The van der Waals surface area contributed by atoms with Crippen molar-refractivity contribution < 1.29 is 0 Å². The fraction of sp³-hybridized carbons (Fsp3) is 0.684. The summed E-state index contributed by atoms with van der Waals surface area (Å²) in [6.45, 7) is 14.9. The Hall–Kier alpha value is -0.900. The molecule has 124 valence electrons. The lowest BCUT2D eigenvalue weighted by molar-refractivity contribution is 0.124. The van der Waals surface area contributed by atoms with Crippen molar-refractivity contribution in [2.24, 2.45) is 0 Å². The Morgan fingerprint density at radius 1 is 1.05 bits per heavy atom. The van der Waals surface area contributed by atoms with E-state index < -0.39 is 0 Å². The van der Waals surface area contributed by atoms with E-state index in [1.54, 1.807) is 0 Å². The SMILES string of the molecule is CCCN(CCC)CC(c1ccc(C)cc1)N1CCNCC1. The molecule has 1 aliphatic rings. The normalized spacial score (nSPS) is 17.8. The van der Waals surface area contributed by atoms with E-state index in [-0.39, 0.29) is 0 Å². The number of rotatable bonds is 8. The van der Waals surface area contributed by atoms with Gasteiger partial charge in [-0.1, -0.05) is 43.7 Å². The monoisotopic (exact) mass is 303 g/mol. The molecule has 2 rings (SSSR count). The number of aryl methyl sites for hydroxylation is 1. The maximum atomic E-state index is 3.48. The molecule has 1 aliphatic heterocycles. The van der Waals surface area contributed by atoms with Crippen LogP contribution in [0.1, 0.15) is 43.9 Å². The van der Waals surface area contributed by atoms with Crippen molar-refractivity contribution in [2.75, 3.05) is 45.8 Å². The molecule has 3 nitrogen and oxygen atoms in total. The third-order valence-electron chi connectivity index (χ3n) is 4.57. The summed E-state index contributed by atoms with van der Waals surface area (Å²) in [6.07, 6.45) is 2.48. The number of benzene rings is 1. The van der Waals surface area contributed by atoms with Crippen LogP contribution in [0, 0.1) is 6.92 Å². The van der Waals surface area contributed by atoms with Crippen molar-refractivity contribution in [3.63, 3.8) is 0 Å². The zero-order chi connectivity index (χ0) is 15.8. The van der Waals surface area contributed by atoms with E-state index in [9.17, 15) is 0 Å². The van der Waals surface area contributed by atoms with Gasteiger partial charge in [0.05, 0.1) is 0 Å². The van der Waals surface area contributed by atoms with Crippen molar-refractivity contribution in [3.8, 4) is 0 Å². The van der Waals surface area contributed by atoms with Gasteiger partial charge in [0.1, 0.15) is 0 Å². The third-order valence-corrected chi connectivity index (χ3v) is 4.57. The smallest absolute Gasteiger partial charge is 0.0476 e. The molecule has 0 amide bonds. The minimum absolute atomic E-state index is 0.529. The molecule has 1 aromatic rings. The first kappa shape index (κ1) is 17.5. The number of hydrogen-bond donors (Lipinski definition) is 1. The quantitative estimate of drug-likeness (QED) is 0.796. The Labute approximate surface area is 136 Å². The minimum Gasteiger partial charge on any atom is -0.314 e. The molecule has 0 radical (unpaired) electrons. The molecule has 3 heteroatoms. The van der Waals surface area contributed by atoms with Gasteiger partial charge in [0.15, 0.2) is 0 Å². The van der Waals surface area contributed by atoms with E-state index in [1.807, 2.05) is 0 Å². The summed E-state index contributed by atoms with van der Waals surface area (Å²) in [7, 11) is 0. The van der Waals surface area contributed by atoms with Gasteiger partial charge >= 0.3 is 0 Å². The summed E-state index contributed by atoms with van der Waals surface area (Å²) in [4.78, 5) is 5.31. The van der Waals surface area contributed by atoms with Gasteiger partial charge in [-0.05, 0) is 38.4 Å². The highest BCUT2D eigenvalue weighted by Gasteiger charge is 2.24. The summed E-state index contributed by atoms with van der Waals surface area (Å²) in [6, 6.07) is 9.71. The van der Waals surface area contributed by atoms with E-state index in [0.29, 0.717) is 6.04 Å². The van der Waals surface area contributed by atoms with Gasteiger partial charge in [-0.15, -0.1) is 0 Å². The summed E-state index contributed by atoms with van der Waals surface area (Å²) in [5, 5.41) is 3.48. The highest BCUT2D eigenvalue weighted by molar-refractivity contribution is 5.24. The molecule has 22 heavy (non-hydrogen) atoms. The first-order chi connectivity index (χ1) is 10.7. The highest BCUT2D eigenvalue weighted by atomic mass is 15.2. The van der Waals surface area contributed by atoms with Crippen LogP contribution in [0.15, 0.2) is 24.3 Å². The Morgan fingerprint density at radius 2 is 1.64 bits per heavy atom. The molecular weight excluding hydrogens is 270 g/mol. The standard InChI is InChI=1S/C19H33N3/c1-4-12-21(13-5-2)16-19(22-14-10-20-11-15-22)18-8-6-17(3)7-9-18/h6-9,19-20H,4-5,10-16H2,1-3H3. The van der Waals surface area contributed by atoms with Crippen molar-refractivity contribution in [1.82, 2.24) is 15.1 Å². The van der Waals surface area contributed by atoms with Gasteiger partial charge in [0, 0.05) is 38.8 Å². The van der Waals surface area contributed by atoms with Crippen LogP contribution in [-0.4, -0.2) is 55.6 Å². The fourth-order valence-electron chi connectivity index (χ4n) is 3.39. The van der Waals surface area contributed by atoms with E-state index in [0.717, 1.165) is 32.7 Å². The molecule has 0 saturated carbocycles. The Balaban J connectivity index is 2.14. The fourth-order valence-corrected chi connectivity index (χ4v) is 3.39. The molecule has 0 aliphatic carbocycles. The zero-order valence-electron chi connectivity index (χ0n) is 14.6. The Kier molecular flexibility index (Phi) is 7.37. The zero-order valence-corrected chi connectivity index (χ0v) is 14.6. The molecule has 1 aromatic carbocycles. The molecule has 0 aromatic heterocycles. The summed E-state index contributed by atoms with van der Waals surface area (Å²) >= 11 is 0. The first-order valence-electron chi connectivity index (χ1n) is 8.98. The molecule has 1 fully saturated rings. The van der Waals surface area contributed by atoms with E-state index in [2.05, 4.69) is 60.2 Å².